The van der Waals surface area contributed by atoms with Gasteiger partial charge in [-0.1, -0.05) is 26.7 Å². The van der Waals surface area contributed by atoms with Crippen molar-refractivity contribution in [2.75, 3.05) is 7.11 Å². The number of nitrogens with one attached hydrogen (secondary N) is 1. The molecular formula is C16H31NO. The molecule has 0 bridgehead atoms. The highest BCUT2D eigenvalue weighted by atomic mass is 16.5. The predicted octanol–water partition coefficient (Wildman–Crippen LogP) is 3.75. The van der Waals surface area contributed by atoms with Gasteiger partial charge in [0.1, 0.15) is 0 Å². The van der Waals surface area contributed by atoms with Gasteiger partial charge < -0.3 is 10.1 Å². The molecule has 2 fully saturated rings. The molecule has 0 radical (unpaired) electrons. The Bertz CT molecular complexity index is 241. The molecule has 0 aromatic rings. The Labute approximate surface area is 113 Å². The van der Waals surface area contributed by atoms with Crippen LogP contribution in [0.25, 0.3) is 0 Å². The van der Waals surface area contributed by atoms with Crippen molar-refractivity contribution in [1.29, 1.82) is 0 Å². The third kappa shape index (κ3) is 3.96. The van der Waals surface area contributed by atoms with Crippen LogP contribution in [0.5, 0.6) is 0 Å². The van der Waals surface area contributed by atoms with Crippen LogP contribution in [-0.4, -0.2) is 25.3 Å². The van der Waals surface area contributed by atoms with E-state index in [1.54, 1.807) is 0 Å². The molecule has 0 aromatic heterocycles. The van der Waals surface area contributed by atoms with E-state index in [0.29, 0.717) is 12.1 Å². The second kappa shape index (κ2) is 6.91. The van der Waals surface area contributed by atoms with E-state index in [1.807, 2.05) is 7.11 Å². The quantitative estimate of drug-likeness (QED) is 0.805. The number of methoxy groups -OCH3 is 1. The summed E-state index contributed by atoms with van der Waals surface area (Å²) in [6, 6.07) is 1.38. The largest absolute Gasteiger partial charge is 0.380 e. The van der Waals surface area contributed by atoms with E-state index in [4.69, 9.17) is 4.74 Å². The van der Waals surface area contributed by atoms with E-state index in [0.717, 1.165) is 17.9 Å². The van der Waals surface area contributed by atoms with Crippen LogP contribution < -0.4 is 5.32 Å². The summed E-state index contributed by atoms with van der Waals surface area (Å²) in [4.78, 5) is 0. The molecule has 0 aliphatic heterocycles. The molecule has 0 heterocycles. The molecule has 0 spiro atoms. The fourth-order valence-corrected chi connectivity index (χ4v) is 4.02. The van der Waals surface area contributed by atoms with Crippen LogP contribution in [-0.2, 0) is 4.74 Å². The van der Waals surface area contributed by atoms with Crippen LogP contribution in [0.2, 0.25) is 0 Å². The zero-order chi connectivity index (χ0) is 13.0. The summed E-state index contributed by atoms with van der Waals surface area (Å²) < 4.78 is 5.59. The maximum absolute atomic E-state index is 5.59. The van der Waals surface area contributed by atoms with E-state index in [2.05, 4.69) is 19.2 Å². The predicted molar refractivity (Wildman–Crippen MR) is 76.8 cm³/mol. The van der Waals surface area contributed by atoms with Crippen LogP contribution in [0.1, 0.15) is 65.2 Å². The molecule has 2 rings (SSSR count). The highest BCUT2D eigenvalue weighted by Crippen LogP contribution is 2.31. The van der Waals surface area contributed by atoms with Crippen LogP contribution in [0, 0.1) is 11.8 Å². The first kappa shape index (κ1) is 14.3. The van der Waals surface area contributed by atoms with Crippen molar-refractivity contribution in [3.8, 4) is 0 Å². The van der Waals surface area contributed by atoms with Gasteiger partial charge >= 0.3 is 0 Å². The Balaban J connectivity index is 1.78. The Kier molecular flexibility index (Phi) is 5.50. The first-order chi connectivity index (χ1) is 8.69. The van der Waals surface area contributed by atoms with Crippen LogP contribution in [0.4, 0.5) is 0 Å². The van der Waals surface area contributed by atoms with Crippen molar-refractivity contribution >= 4 is 0 Å². The van der Waals surface area contributed by atoms with Gasteiger partial charge in [0.05, 0.1) is 6.10 Å². The summed E-state index contributed by atoms with van der Waals surface area (Å²) >= 11 is 0. The Morgan fingerprint density at radius 2 is 1.89 bits per heavy atom. The van der Waals surface area contributed by atoms with Crippen molar-refractivity contribution in [3.05, 3.63) is 0 Å². The maximum atomic E-state index is 5.59. The average Bonchev–Trinajstić information content (AvgIpc) is 2.76. The van der Waals surface area contributed by atoms with Crippen molar-refractivity contribution in [2.24, 2.45) is 11.8 Å². The van der Waals surface area contributed by atoms with Crippen LogP contribution in [0.15, 0.2) is 0 Å². The van der Waals surface area contributed by atoms with E-state index in [-0.39, 0.29) is 0 Å². The number of hydrogen-bond acceptors (Lipinski definition) is 2. The minimum Gasteiger partial charge on any atom is -0.380 e. The molecule has 18 heavy (non-hydrogen) atoms. The lowest BCUT2D eigenvalue weighted by Gasteiger charge is -2.34. The summed E-state index contributed by atoms with van der Waals surface area (Å²) in [6.07, 6.45) is 11.4. The van der Waals surface area contributed by atoms with Crippen molar-refractivity contribution in [1.82, 2.24) is 5.32 Å². The van der Waals surface area contributed by atoms with Crippen LogP contribution in [0.3, 0.4) is 0 Å². The normalized spacial score (nSPS) is 37.3. The summed E-state index contributed by atoms with van der Waals surface area (Å²) in [5, 5.41) is 3.90. The minimum atomic E-state index is 0.468. The van der Waals surface area contributed by atoms with Gasteiger partial charge in [0.2, 0.25) is 0 Å². The second-order valence-electron chi connectivity index (χ2n) is 6.84. The van der Waals surface area contributed by atoms with Gasteiger partial charge in [0.25, 0.3) is 0 Å². The average molecular weight is 253 g/mol. The third-order valence-electron chi connectivity index (χ3n) is 4.79. The topological polar surface area (TPSA) is 21.3 Å². The van der Waals surface area contributed by atoms with Gasteiger partial charge in [-0.3, -0.25) is 0 Å². The Morgan fingerprint density at radius 3 is 2.61 bits per heavy atom. The van der Waals surface area contributed by atoms with Gasteiger partial charge in [-0.25, -0.2) is 0 Å². The SMILES string of the molecule is COC1CCCC1NC1CCCC(CC(C)C)C1. The molecule has 0 saturated heterocycles. The smallest absolute Gasteiger partial charge is 0.0724 e. The lowest BCUT2D eigenvalue weighted by Crippen LogP contribution is -2.45. The van der Waals surface area contributed by atoms with Crippen molar-refractivity contribution in [2.45, 2.75) is 83.4 Å². The molecule has 2 saturated carbocycles. The van der Waals surface area contributed by atoms with E-state index < -0.39 is 0 Å². The zero-order valence-corrected chi connectivity index (χ0v) is 12.5. The van der Waals surface area contributed by atoms with E-state index in [1.165, 1.54) is 51.4 Å². The molecule has 106 valence electrons. The molecule has 0 amide bonds. The Morgan fingerprint density at radius 1 is 1.11 bits per heavy atom. The summed E-state index contributed by atoms with van der Waals surface area (Å²) in [6.45, 7) is 4.71. The third-order valence-corrected chi connectivity index (χ3v) is 4.79. The van der Waals surface area contributed by atoms with Gasteiger partial charge in [0.15, 0.2) is 0 Å². The first-order valence-corrected chi connectivity index (χ1v) is 7.98. The molecule has 2 aliphatic rings. The van der Waals surface area contributed by atoms with E-state index >= 15 is 0 Å². The van der Waals surface area contributed by atoms with Gasteiger partial charge in [-0.05, 0) is 50.4 Å². The van der Waals surface area contributed by atoms with E-state index in [9.17, 15) is 0 Å². The fourth-order valence-electron chi connectivity index (χ4n) is 4.02. The number of hydrogen-bond donors (Lipinski definition) is 1. The Hall–Kier alpha value is -0.0800. The minimum absolute atomic E-state index is 0.468. The molecule has 2 aliphatic carbocycles. The lowest BCUT2D eigenvalue weighted by molar-refractivity contribution is 0.0767. The van der Waals surface area contributed by atoms with Gasteiger partial charge in [-0.2, -0.15) is 0 Å². The summed E-state index contributed by atoms with van der Waals surface area (Å²) in [7, 11) is 1.87. The standard InChI is InChI=1S/C16H31NO/c1-12(2)10-13-6-4-7-14(11-13)17-15-8-5-9-16(15)18-3/h12-17H,4-11H2,1-3H3. The fraction of sp³-hybridized carbons (Fsp3) is 1.00. The van der Waals surface area contributed by atoms with Crippen LogP contribution >= 0.6 is 0 Å². The van der Waals surface area contributed by atoms with Crippen molar-refractivity contribution in [3.63, 3.8) is 0 Å². The molecule has 1 N–H and O–H groups in total. The lowest BCUT2D eigenvalue weighted by atomic mass is 9.81. The molecule has 4 unspecified atom stereocenters. The molecule has 2 heteroatoms. The second-order valence-corrected chi connectivity index (χ2v) is 6.84. The number of ether oxygens (including phenoxy) is 1. The molecule has 2 nitrogen and oxygen atoms in total. The summed E-state index contributed by atoms with van der Waals surface area (Å²) in [5.74, 6) is 1.81. The van der Waals surface area contributed by atoms with Gasteiger partial charge in [0, 0.05) is 19.2 Å². The van der Waals surface area contributed by atoms with Gasteiger partial charge in [-0.15, -0.1) is 0 Å². The zero-order valence-electron chi connectivity index (χ0n) is 12.5. The molecule has 0 aromatic carbocycles. The first-order valence-electron chi connectivity index (χ1n) is 7.98. The summed E-state index contributed by atoms with van der Waals surface area (Å²) in [5.41, 5.74) is 0. The number of rotatable bonds is 5. The highest BCUT2D eigenvalue weighted by molar-refractivity contribution is 4.88. The maximum Gasteiger partial charge on any atom is 0.0724 e. The molecular weight excluding hydrogens is 222 g/mol. The highest BCUT2D eigenvalue weighted by Gasteiger charge is 2.31. The van der Waals surface area contributed by atoms with Crippen molar-refractivity contribution < 1.29 is 4.74 Å². The monoisotopic (exact) mass is 253 g/mol. The molecule has 4 atom stereocenters.